The molecule has 1 atom stereocenters. The van der Waals surface area contributed by atoms with E-state index in [2.05, 4.69) is 30.5 Å². The van der Waals surface area contributed by atoms with Gasteiger partial charge in [-0.05, 0) is 30.2 Å². The number of anilines is 1. The van der Waals surface area contributed by atoms with Gasteiger partial charge in [-0.15, -0.1) is 0 Å². The summed E-state index contributed by atoms with van der Waals surface area (Å²) in [7, 11) is 0. The van der Waals surface area contributed by atoms with Crippen molar-refractivity contribution in [3.05, 3.63) is 28.3 Å². The van der Waals surface area contributed by atoms with Gasteiger partial charge in [0.2, 0.25) is 5.91 Å². The third-order valence-electron chi connectivity index (χ3n) is 3.25. The fourth-order valence-electron chi connectivity index (χ4n) is 2.44. The van der Waals surface area contributed by atoms with Crippen molar-refractivity contribution < 1.29 is 4.79 Å². The average Bonchev–Trinajstić information content (AvgIpc) is 2.67. The molecule has 4 heteroatoms. The van der Waals surface area contributed by atoms with Crippen molar-refractivity contribution in [2.75, 3.05) is 11.9 Å². The molecule has 0 bridgehead atoms. The molecule has 2 rings (SSSR count). The number of benzene rings is 1. The van der Waals surface area contributed by atoms with Crippen molar-refractivity contribution in [2.24, 2.45) is 0 Å². The molecule has 0 aliphatic carbocycles. The predicted octanol–water partition coefficient (Wildman–Crippen LogP) is 3.29. The number of nitrogens with one attached hydrogen (secondary N) is 2. The van der Waals surface area contributed by atoms with E-state index >= 15 is 0 Å². The summed E-state index contributed by atoms with van der Waals surface area (Å²) < 4.78 is 0. The minimum Gasteiger partial charge on any atom is -0.325 e. The number of hydrogen-bond acceptors (Lipinski definition) is 2. The molecule has 3 nitrogen and oxygen atoms in total. The lowest BCUT2D eigenvalue weighted by molar-refractivity contribution is -0.115. The van der Waals surface area contributed by atoms with Gasteiger partial charge in [-0.1, -0.05) is 37.9 Å². The van der Waals surface area contributed by atoms with E-state index in [1.54, 1.807) is 0 Å². The highest BCUT2D eigenvalue weighted by Crippen LogP contribution is 2.34. The highest BCUT2D eigenvalue weighted by Gasteiger charge is 2.22. The van der Waals surface area contributed by atoms with Gasteiger partial charge in [0.25, 0.3) is 0 Å². The van der Waals surface area contributed by atoms with Gasteiger partial charge < -0.3 is 10.6 Å². The zero-order valence-corrected chi connectivity index (χ0v) is 11.6. The van der Waals surface area contributed by atoms with E-state index in [1.807, 2.05) is 6.07 Å². The lowest BCUT2D eigenvalue weighted by atomic mass is 9.99. The molecule has 18 heavy (non-hydrogen) atoms. The number of amides is 1. The average molecular weight is 267 g/mol. The second kappa shape index (κ2) is 5.72. The van der Waals surface area contributed by atoms with Gasteiger partial charge in [-0.3, -0.25) is 4.79 Å². The highest BCUT2D eigenvalue weighted by molar-refractivity contribution is 6.32. The molecule has 1 amide bonds. The molecule has 0 saturated heterocycles. The first-order chi connectivity index (χ1) is 8.65. The van der Waals surface area contributed by atoms with Gasteiger partial charge in [-0.2, -0.15) is 0 Å². The van der Waals surface area contributed by atoms with E-state index in [-0.39, 0.29) is 11.9 Å². The Labute approximate surface area is 113 Å². The zero-order chi connectivity index (χ0) is 13.1. The summed E-state index contributed by atoms with van der Waals surface area (Å²) in [5.41, 5.74) is 3.02. The van der Waals surface area contributed by atoms with Crippen LogP contribution in [-0.2, 0) is 11.2 Å². The molecule has 1 aromatic rings. The molecule has 1 aliphatic rings. The first kappa shape index (κ1) is 13.4. The monoisotopic (exact) mass is 266 g/mol. The Morgan fingerprint density at radius 2 is 2.22 bits per heavy atom. The van der Waals surface area contributed by atoms with Crippen LogP contribution >= 0.6 is 11.6 Å². The van der Waals surface area contributed by atoms with Crippen molar-refractivity contribution in [3.8, 4) is 0 Å². The lowest BCUT2D eigenvalue weighted by Crippen LogP contribution is -2.21. The Bertz CT molecular complexity index is 453. The van der Waals surface area contributed by atoms with Crippen LogP contribution in [0, 0.1) is 0 Å². The maximum absolute atomic E-state index is 11.4. The van der Waals surface area contributed by atoms with Gasteiger partial charge in [0.05, 0.1) is 6.42 Å². The SMILES string of the molecule is CCCC(NCC)c1cc2c(cc1Cl)NC(=O)C2. The maximum atomic E-state index is 11.4. The second-order valence-corrected chi connectivity index (χ2v) is 5.06. The molecule has 1 aromatic carbocycles. The van der Waals surface area contributed by atoms with Gasteiger partial charge in [0.1, 0.15) is 0 Å². The van der Waals surface area contributed by atoms with Crippen LogP contribution in [-0.4, -0.2) is 12.5 Å². The Kier molecular flexibility index (Phi) is 4.25. The van der Waals surface area contributed by atoms with Crippen LogP contribution in [0.2, 0.25) is 5.02 Å². The maximum Gasteiger partial charge on any atom is 0.228 e. The number of carbonyl (C=O) groups excluding carboxylic acids is 1. The molecule has 1 aliphatic heterocycles. The Morgan fingerprint density at radius 1 is 1.44 bits per heavy atom. The zero-order valence-electron chi connectivity index (χ0n) is 10.8. The Morgan fingerprint density at radius 3 is 2.89 bits per heavy atom. The predicted molar refractivity (Wildman–Crippen MR) is 75.1 cm³/mol. The van der Waals surface area contributed by atoms with E-state index in [1.165, 1.54) is 0 Å². The second-order valence-electron chi connectivity index (χ2n) is 4.65. The minimum atomic E-state index is 0.0497. The Hall–Kier alpha value is -1.06. The topological polar surface area (TPSA) is 41.1 Å². The van der Waals surface area contributed by atoms with Crippen molar-refractivity contribution in [2.45, 2.75) is 39.2 Å². The first-order valence-corrected chi connectivity index (χ1v) is 6.89. The first-order valence-electron chi connectivity index (χ1n) is 6.51. The molecular weight excluding hydrogens is 248 g/mol. The lowest BCUT2D eigenvalue weighted by Gasteiger charge is -2.20. The van der Waals surface area contributed by atoms with Gasteiger partial charge >= 0.3 is 0 Å². The van der Waals surface area contributed by atoms with Crippen LogP contribution in [0.5, 0.6) is 0 Å². The van der Waals surface area contributed by atoms with Gasteiger partial charge in [-0.25, -0.2) is 0 Å². The summed E-state index contributed by atoms with van der Waals surface area (Å²) in [4.78, 5) is 11.4. The molecule has 0 radical (unpaired) electrons. The quantitative estimate of drug-likeness (QED) is 0.859. The highest BCUT2D eigenvalue weighted by atomic mass is 35.5. The molecule has 0 aromatic heterocycles. The minimum absolute atomic E-state index is 0.0497. The number of hydrogen-bond donors (Lipinski definition) is 2. The molecule has 1 heterocycles. The molecule has 0 spiro atoms. The third kappa shape index (κ3) is 2.68. The largest absolute Gasteiger partial charge is 0.325 e. The summed E-state index contributed by atoms with van der Waals surface area (Å²) in [5, 5.41) is 7.01. The number of carbonyl (C=O) groups is 1. The molecular formula is C14H19ClN2O. The number of fused-ring (bicyclic) bond motifs is 1. The number of halogens is 1. The van der Waals surface area contributed by atoms with E-state index in [4.69, 9.17) is 11.6 Å². The summed E-state index contributed by atoms with van der Waals surface area (Å²) in [6.07, 6.45) is 2.61. The molecule has 1 unspecified atom stereocenters. The standard InChI is InChI=1S/C14H19ClN2O/c1-3-5-12(16-4-2)10-6-9-7-14(18)17-13(9)8-11(10)15/h6,8,12,16H,3-5,7H2,1-2H3,(H,17,18). The summed E-state index contributed by atoms with van der Waals surface area (Å²) >= 11 is 6.33. The number of rotatable bonds is 5. The third-order valence-corrected chi connectivity index (χ3v) is 3.58. The van der Waals surface area contributed by atoms with Crippen LogP contribution < -0.4 is 10.6 Å². The molecule has 98 valence electrons. The summed E-state index contributed by atoms with van der Waals surface area (Å²) in [6.45, 7) is 5.17. The van der Waals surface area contributed by atoms with E-state index in [0.717, 1.165) is 41.2 Å². The fourth-order valence-corrected chi connectivity index (χ4v) is 2.73. The van der Waals surface area contributed by atoms with E-state index in [0.29, 0.717) is 6.42 Å². The van der Waals surface area contributed by atoms with Crippen molar-refractivity contribution in [3.63, 3.8) is 0 Å². The van der Waals surface area contributed by atoms with Crippen LogP contribution in [0.4, 0.5) is 5.69 Å². The smallest absolute Gasteiger partial charge is 0.228 e. The molecule has 2 N–H and O–H groups in total. The van der Waals surface area contributed by atoms with Crippen LogP contribution in [0.1, 0.15) is 43.9 Å². The van der Waals surface area contributed by atoms with E-state index in [9.17, 15) is 4.79 Å². The molecule has 0 fully saturated rings. The van der Waals surface area contributed by atoms with Crippen molar-refractivity contribution in [1.82, 2.24) is 5.32 Å². The van der Waals surface area contributed by atoms with E-state index < -0.39 is 0 Å². The molecule has 0 saturated carbocycles. The fraction of sp³-hybridized carbons (Fsp3) is 0.500. The van der Waals surface area contributed by atoms with Gasteiger partial charge in [0, 0.05) is 16.8 Å². The van der Waals surface area contributed by atoms with Crippen molar-refractivity contribution >= 4 is 23.2 Å². The summed E-state index contributed by atoms with van der Waals surface area (Å²) in [6, 6.07) is 4.21. The van der Waals surface area contributed by atoms with Crippen LogP contribution in [0.25, 0.3) is 0 Å². The van der Waals surface area contributed by atoms with Crippen LogP contribution in [0.3, 0.4) is 0 Å². The summed E-state index contributed by atoms with van der Waals surface area (Å²) in [5.74, 6) is 0.0497. The normalized spacial score (nSPS) is 15.4. The Balaban J connectivity index is 2.32. The van der Waals surface area contributed by atoms with Gasteiger partial charge in [0.15, 0.2) is 0 Å². The van der Waals surface area contributed by atoms with Crippen LogP contribution in [0.15, 0.2) is 12.1 Å². The van der Waals surface area contributed by atoms with Crippen molar-refractivity contribution in [1.29, 1.82) is 0 Å².